The van der Waals surface area contributed by atoms with Crippen LogP contribution in [0.1, 0.15) is 0 Å². The molecule has 0 atom stereocenters. The molecule has 0 aliphatic carbocycles. The van der Waals surface area contributed by atoms with Crippen LogP contribution in [0.5, 0.6) is 0 Å². The van der Waals surface area contributed by atoms with Crippen molar-refractivity contribution >= 4 is 21.6 Å². The van der Waals surface area contributed by atoms with Crippen LogP contribution in [-0.2, 0) is 0 Å². The van der Waals surface area contributed by atoms with Crippen molar-refractivity contribution in [1.29, 1.82) is 0 Å². The third-order valence-corrected chi connectivity index (χ3v) is 9.55. The van der Waals surface area contributed by atoms with Gasteiger partial charge < -0.3 is 0 Å². The first-order valence-corrected chi connectivity index (χ1v) is 9.54. The second kappa shape index (κ2) is 2.63. The molecular weight excluding hydrogens is 314 g/mol. The van der Waals surface area contributed by atoms with Crippen molar-refractivity contribution in [2.24, 2.45) is 0 Å². The molecule has 0 N–H and O–H groups in total. The summed E-state index contributed by atoms with van der Waals surface area (Å²) in [6, 6.07) is 5.32. The van der Waals surface area contributed by atoms with Crippen LogP contribution in [0.2, 0.25) is 0 Å². The van der Waals surface area contributed by atoms with E-state index in [1.807, 2.05) is 0 Å². The Hall–Kier alpha value is -0.310. The zero-order chi connectivity index (χ0) is 11.1. The van der Waals surface area contributed by atoms with Crippen LogP contribution in [0.4, 0.5) is 11.6 Å². The first-order valence-electron chi connectivity index (χ1n) is 3.81. The Morgan fingerprint density at radius 2 is 1.36 bits per heavy atom. The van der Waals surface area contributed by atoms with Gasteiger partial charge in [-0.3, -0.25) is 0 Å². The SMILES string of the molecule is CN(C)[Te](F)(F)(F)(F)c1ccccc1. The van der Waals surface area contributed by atoms with Gasteiger partial charge in [0.15, 0.2) is 0 Å². The fourth-order valence-corrected chi connectivity index (χ4v) is 4.07. The molecule has 1 nitrogen and oxygen atoms in total. The Bertz CT molecular complexity index is 341. The number of hydrogen-bond acceptors (Lipinski definition) is 1. The van der Waals surface area contributed by atoms with Gasteiger partial charge >= 0.3 is 80.7 Å². The summed E-state index contributed by atoms with van der Waals surface area (Å²) < 4.78 is 52.4. The number of nitrogens with zero attached hydrogens (tertiary/aromatic N) is 1. The van der Waals surface area contributed by atoms with Crippen LogP contribution in [0.3, 0.4) is 0 Å². The van der Waals surface area contributed by atoms with E-state index in [1.54, 1.807) is 0 Å². The van der Waals surface area contributed by atoms with Crippen LogP contribution in [0, 0.1) is 0 Å². The number of hydrogen-bond donors (Lipinski definition) is 0. The van der Waals surface area contributed by atoms with Gasteiger partial charge in [-0.25, -0.2) is 0 Å². The normalized spacial score (nSPS) is 17.6. The second-order valence-corrected chi connectivity index (χ2v) is 12.4. The minimum absolute atomic E-state index is 0.211. The molecule has 6 heteroatoms. The second-order valence-electron chi connectivity index (χ2n) is 3.15. The summed E-state index contributed by atoms with van der Waals surface area (Å²) in [6.45, 7) is 0. The Morgan fingerprint density at radius 1 is 0.929 bits per heavy atom. The van der Waals surface area contributed by atoms with Crippen molar-refractivity contribution in [3.8, 4) is 0 Å². The van der Waals surface area contributed by atoms with E-state index in [2.05, 4.69) is 0 Å². The Kier molecular flexibility index (Phi) is 2.21. The van der Waals surface area contributed by atoms with E-state index in [9.17, 15) is 11.6 Å². The molecule has 0 saturated carbocycles. The van der Waals surface area contributed by atoms with Gasteiger partial charge in [0.1, 0.15) is 0 Å². The van der Waals surface area contributed by atoms with Crippen LogP contribution in [-0.4, -0.2) is 35.2 Å². The molecular formula is C8H11F4NTe. The van der Waals surface area contributed by atoms with E-state index in [4.69, 9.17) is 0 Å². The first-order chi connectivity index (χ1) is 6.08. The molecule has 0 aliphatic heterocycles. The fourth-order valence-electron chi connectivity index (χ4n) is 0.898. The average Bonchev–Trinajstić information content (AvgIpc) is 2.04. The van der Waals surface area contributed by atoms with E-state index in [1.165, 1.54) is 18.2 Å². The number of halogens is 4. The molecule has 0 fully saturated rings. The van der Waals surface area contributed by atoms with Crippen molar-refractivity contribution in [3.63, 3.8) is 0 Å². The standard InChI is InChI=1S/C8H11F4NTe/c1-13(2)14(9,10,11,12)8-6-4-3-5-7-8/h3-7H,1-2H3. The molecule has 0 heterocycles. The van der Waals surface area contributed by atoms with E-state index in [0.29, 0.717) is 14.1 Å². The third-order valence-electron chi connectivity index (χ3n) is 1.94. The molecule has 0 spiro atoms. The van der Waals surface area contributed by atoms with Crippen molar-refractivity contribution in [2.45, 2.75) is 0 Å². The van der Waals surface area contributed by atoms with Crippen LogP contribution in [0.25, 0.3) is 0 Å². The van der Waals surface area contributed by atoms with Crippen molar-refractivity contribution < 1.29 is 11.6 Å². The molecule has 1 aromatic rings. The monoisotopic (exact) mass is 327 g/mol. The molecule has 0 amide bonds. The minimum atomic E-state index is -9.12. The molecule has 14 heavy (non-hydrogen) atoms. The summed E-state index contributed by atoms with van der Waals surface area (Å²) in [5, 5.41) is 0. The van der Waals surface area contributed by atoms with Gasteiger partial charge in [0, 0.05) is 0 Å². The summed E-state index contributed by atoms with van der Waals surface area (Å²) in [6.07, 6.45) is 0. The van der Waals surface area contributed by atoms with Gasteiger partial charge in [-0.2, -0.15) is 0 Å². The maximum absolute atomic E-state index is 13.4. The van der Waals surface area contributed by atoms with Gasteiger partial charge in [-0.1, -0.05) is 0 Å². The maximum atomic E-state index is 13.4. The predicted octanol–water partition coefficient (Wildman–Crippen LogP) is 2.17. The van der Waals surface area contributed by atoms with Crippen molar-refractivity contribution in [2.75, 3.05) is 14.1 Å². The quantitative estimate of drug-likeness (QED) is 0.595. The zero-order valence-electron chi connectivity index (χ0n) is 7.75. The van der Waals surface area contributed by atoms with E-state index in [-0.39, 0.29) is 3.15 Å². The molecule has 0 saturated heterocycles. The van der Waals surface area contributed by atoms with Gasteiger partial charge in [-0.15, -0.1) is 0 Å². The Balaban J connectivity index is 3.46. The van der Waals surface area contributed by atoms with Crippen LogP contribution < -0.4 is 3.61 Å². The third kappa shape index (κ3) is 1.74. The first kappa shape index (κ1) is 11.8. The summed E-state index contributed by atoms with van der Waals surface area (Å²) >= 11 is -9.12. The molecule has 0 radical (unpaired) electrons. The van der Waals surface area contributed by atoms with E-state index >= 15 is 0 Å². The number of benzene rings is 1. The molecule has 0 aromatic heterocycles. The van der Waals surface area contributed by atoms with Gasteiger partial charge in [0.2, 0.25) is 0 Å². The van der Waals surface area contributed by atoms with Gasteiger partial charge in [0.05, 0.1) is 0 Å². The average molecular weight is 325 g/mol. The van der Waals surface area contributed by atoms with Gasteiger partial charge in [0.25, 0.3) is 0 Å². The molecule has 82 valence electrons. The number of rotatable bonds is 2. The van der Waals surface area contributed by atoms with E-state index < -0.39 is 21.6 Å². The Labute approximate surface area is 80.9 Å². The molecule has 1 rings (SSSR count). The Morgan fingerprint density at radius 3 is 1.71 bits per heavy atom. The van der Waals surface area contributed by atoms with E-state index in [0.717, 1.165) is 12.1 Å². The van der Waals surface area contributed by atoms with Gasteiger partial charge in [-0.05, 0) is 0 Å². The topological polar surface area (TPSA) is 3.24 Å². The van der Waals surface area contributed by atoms with Crippen molar-refractivity contribution in [1.82, 2.24) is 3.15 Å². The predicted molar refractivity (Wildman–Crippen MR) is 49.9 cm³/mol. The summed E-state index contributed by atoms with van der Waals surface area (Å²) in [7, 11) is 1.41. The molecule has 0 aliphatic rings. The zero-order valence-corrected chi connectivity index (χ0v) is 10.1. The summed E-state index contributed by atoms with van der Waals surface area (Å²) in [4.78, 5) is 0. The molecule has 0 bridgehead atoms. The summed E-state index contributed by atoms with van der Waals surface area (Å²) in [5.74, 6) is 0. The van der Waals surface area contributed by atoms with Crippen LogP contribution in [0.15, 0.2) is 30.3 Å². The summed E-state index contributed by atoms with van der Waals surface area (Å²) in [5.41, 5.74) is 0. The fraction of sp³-hybridized carbons (Fsp3) is 0.250. The van der Waals surface area contributed by atoms with Crippen molar-refractivity contribution in [3.05, 3.63) is 30.3 Å². The van der Waals surface area contributed by atoms with Crippen LogP contribution >= 0.6 is 0 Å². The molecule has 1 aromatic carbocycles. The molecule has 0 unspecified atom stereocenters.